The highest BCUT2D eigenvalue weighted by Crippen LogP contribution is 2.30. The van der Waals surface area contributed by atoms with Gasteiger partial charge in [-0.25, -0.2) is 4.98 Å². The van der Waals surface area contributed by atoms with E-state index in [1.165, 1.54) is 29.4 Å². The predicted octanol–water partition coefficient (Wildman–Crippen LogP) is 5.40. The molecule has 0 aliphatic heterocycles. The van der Waals surface area contributed by atoms with Crippen LogP contribution >= 0.6 is 11.6 Å². The van der Waals surface area contributed by atoms with Crippen LogP contribution in [-0.4, -0.2) is 22.9 Å². The molecular formula is C20H15ClF3N3O. The van der Waals surface area contributed by atoms with Crippen LogP contribution in [0.1, 0.15) is 21.6 Å². The second-order valence-corrected chi connectivity index (χ2v) is 6.60. The quantitative estimate of drug-likeness (QED) is 0.586. The van der Waals surface area contributed by atoms with Crippen LogP contribution in [0.25, 0.3) is 11.3 Å². The van der Waals surface area contributed by atoms with E-state index in [9.17, 15) is 18.0 Å². The van der Waals surface area contributed by atoms with Crippen molar-refractivity contribution in [2.75, 3.05) is 11.9 Å². The summed E-state index contributed by atoms with van der Waals surface area (Å²) >= 11 is 5.95. The lowest BCUT2D eigenvalue weighted by Crippen LogP contribution is -2.28. The number of anilines is 1. The van der Waals surface area contributed by atoms with Gasteiger partial charge >= 0.3 is 6.18 Å². The predicted molar refractivity (Wildman–Crippen MR) is 101 cm³/mol. The molecule has 144 valence electrons. The molecule has 0 radical (unpaired) electrons. The molecule has 0 aliphatic carbocycles. The number of alkyl halides is 3. The minimum absolute atomic E-state index is 0.0780. The standard InChI is InChI=1S/C20H15ClF3N3O/c1-12-9-15(21)7-8-18(12)27(2)19(28)17-11-25-10-16(26-17)13-3-5-14(6-4-13)20(22,23)24/h3-11H,1-2H3. The Morgan fingerprint density at radius 2 is 1.75 bits per heavy atom. The van der Waals surface area contributed by atoms with E-state index >= 15 is 0 Å². The monoisotopic (exact) mass is 405 g/mol. The molecule has 3 aromatic rings. The van der Waals surface area contributed by atoms with E-state index in [4.69, 9.17) is 11.6 Å². The summed E-state index contributed by atoms with van der Waals surface area (Å²) in [5, 5.41) is 0.561. The van der Waals surface area contributed by atoms with E-state index in [1.807, 2.05) is 6.92 Å². The fourth-order valence-electron chi connectivity index (χ4n) is 2.71. The largest absolute Gasteiger partial charge is 0.416 e. The number of carbonyl (C=O) groups excluding carboxylic acids is 1. The number of rotatable bonds is 3. The van der Waals surface area contributed by atoms with Crippen LogP contribution in [-0.2, 0) is 6.18 Å². The Morgan fingerprint density at radius 3 is 2.36 bits per heavy atom. The molecule has 0 saturated carbocycles. The maximum Gasteiger partial charge on any atom is 0.416 e. The van der Waals surface area contributed by atoms with E-state index in [0.717, 1.165) is 17.7 Å². The third-order valence-corrected chi connectivity index (χ3v) is 4.42. The maximum absolute atomic E-state index is 12.8. The molecule has 0 saturated heterocycles. The zero-order valence-electron chi connectivity index (χ0n) is 15.0. The molecule has 1 aromatic heterocycles. The second-order valence-electron chi connectivity index (χ2n) is 6.16. The number of halogens is 4. The van der Waals surface area contributed by atoms with Crippen molar-refractivity contribution in [3.05, 3.63) is 76.7 Å². The molecule has 2 aromatic carbocycles. The van der Waals surface area contributed by atoms with E-state index in [1.54, 1.807) is 25.2 Å². The number of nitrogens with zero attached hydrogens (tertiary/aromatic N) is 3. The van der Waals surface area contributed by atoms with Crippen LogP contribution < -0.4 is 4.90 Å². The molecule has 3 rings (SSSR count). The van der Waals surface area contributed by atoms with Crippen LogP contribution in [0.5, 0.6) is 0 Å². The lowest BCUT2D eigenvalue weighted by atomic mass is 10.1. The molecule has 4 nitrogen and oxygen atoms in total. The highest BCUT2D eigenvalue weighted by atomic mass is 35.5. The number of hydrogen-bond acceptors (Lipinski definition) is 3. The summed E-state index contributed by atoms with van der Waals surface area (Å²) in [6, 6.07) is 9.68. The lowest BCUT2D eigenvalue weighted by molar-refractivity contribution is -0.137. The minimum atomic E-state index is -4.42. The Morgan fingerprint density at radius 1 is 1.07 bits per heavy atom. The topological polar surface area (TPSA) is 46.1 Å². The number of carbonyl (C=O) groups is 1. The number of amides is 1. The Hall–Kier alpha value is -2.93. The lowest BCUT2D eigenvalue weighted by Gasteiger charge is -2.19. The van der Waals surface area contributed by atoms with Gasteiger partial charge in [0.15, 0.2) is 0 Å². The Labute approximate surface area is 164 Å². The summed E-state index contributed by atoms with van der Waals surface area (Å²) in [5.74, 6) is -0.397. The smallest absolute Gasteiger partial charge is 0.310 e. The Bertz CT molecular complexity index is 1020. The zero-order chi connectivity index (χ0) is 20.5. The van der Waals surface area contributed by atoms with Crippen molar-refractivity contribution in [2.24, 2.45) is 0 Å². The minimum Gasteiger partial charge on any atom is -0.310 e. The molecule has 1 heterocycles. The van der Waals surface area contributed by atoms with Gasteiger partial charge in [0.25, 0.3) is 5.91 Å². The van der Waals surface area contributed by atoms with Gasteiger partial charge < -0.3 is 4.90 Å². The first kappa shape index (κ1) is 19.8. The normalized spacial score (nSPS) is 11.4. The van der Waals surface area contributed by atoms with Crippen LogP contribution in [0.3, 0.4) is 0 Å². The van der Waals surface area contributed by atoms with Gasteiger partial charge in [-0.05, 0) is 42.8 Å². The van der Waals surface area contributed by atoms with Crippen molar-refractivity contribution in [1.29, 1.82) is 0 Å². The molecule has 28 heavy (non-hydrogen) atoms. The van der Waals surface area contributed by atoms with Gasteiger partial charge in [0.05, 0.1) is 23.7 Å². The van der Waals surface area contributed by atoms with Gasteiger partial charge in [-0.2, -0.15) is 13.2 Å². The zero-order valence-corrected chi connectivity index (χ0v) is 15.7. The highest BCUT2D eigenvalue weighted by Gasteiger charge is 2.30. The van der Waals surface area contributed by atoms with Crippen molar-refractivity contribution < 1.29 is 18.0 Å². The average Bonchev–Trinajstić information content (AvgIpc) is 2.66. The average molecular weight is 406 g/mol. The van der Waals surface area contributed by atoms with Gasteiger partial charge in [-0.3, -0.25) is 9.78 Å². The molecule has 0 N–H and O–H groups in total. The number of aromatic nitrogens is 2. The summed E-state index contributed by atoms with van der Waals surface area (Å²) in [4.78, 5) is 22.5. The van der Waals surface area contributed by atoms with E-state index in [2.05, 4.69) is 9.97 Å². The molecule has 0 unspecified atom stereocenters. The van der Waals surface area contributed by atoms with Crippen molar-refractivity contribution in [3.63, 3.8) is 0 Å². The van der Waals surface area contributed by atoms with E-state index < -0.39 is 17.6 Å². The van der Waals surface area contributed by atoms with Gasteiger partial charge in [-0.1, -0.05) is 23.7 Å². The molecule has 0 spiro atoms. The Balaban J connectivity index is 1.89. The van der Waals surface area contributed by atoms with Crippen LogP contribution in [0, 0.1) is 6.92 Å². The van der Waals surface area contributed by atoms with Crippen LogP contribution in [0.2, 0.25) is 5.02 Å². The fraction of sp³-hybridized carbons (Fsp3) is 0.150. The van der Waals surface area contributed by atoms with Crippen LogP contribution in [0.4, 0.5) is 18.9 Å². The summed E-state index contributed by atoms with van der Waals surface area (Å²) < 4.78 is 38.1. The van der Waals surface area contributed by atoms with E-state index in [0.29, 0.717) is 22.0 Å². The second kappa shape index (κ2) is 7.59. The number of benzene rings is 2. The molecule has 8 heteroatoms. The number of hydrogen-bond donors (Lipinski definition) is 0. The van der Waals surface area contributed by atoms with Crippen molar-refractivity contribution >= 4 is 23.2 Å². The summed E-state index contributed by atoms with van der Waals surface area (Å²) in [6.45, 7) is 1.83. The fourth-order valence-corrected chi connectivity index (χ4v) is 2.94. The molecule has 0 aliphatic rings. The molecule has 0 bridgehead atoms. The highest BCUT2D eigenvalue weighted by molar-refractivity contribution is 6.30. The van der Waals surface area contributed by atoms with E-state index in [-0.39, 0.29) is 5.69 Å². The van der Waals surface area contributed by atoms with Gasteiger partial charge in [0, 0.05) is 23.3 Å². The maximum atomic E-state index is 12.8. The third kappa shape index (κ3) is 4.14. The van der Waals surface area contributed by atoms with Crippen LogP contribution in [0.15, 0.2) is 54.9 Å². The first-order chi connectivity index (χ1) is 13.2. The molecule has 0 fully saturated rings. The summed E-state index contributed by atoms with van der Waals surface area (Å²) in [7, 11) is 1.60. The Kier molecular flexibility index (Phi) is 5.38. The SMILES string of the molecule is Cc1cc(Cl)ccc1N(C)C(=O)c1cncc(-c2ccc(C(F)(F)F)cc2)n1. The third-order valence-electron chi connectivity index (χ3n) is 4.19. The van der Waals surface area contributed by atoms with Crippen molar-refractivity contribution in [1.82, 2.24) is 9.97 Å². The van der Waals surface area contributed by atoms with Gasteiger partial charge in [0.1, 0.15) is 5.69 Å². The molecule has 0 atom stereocenters. The summed E-state index contributed by atoms with van der Waals surface area (Å²) in [6.07, 6.45) is -1.70. The molecular weight excluding hydrogens is 391 g/mol. The first-order valence-corrected chi connectivity index (χ1v) is 8.58. The van der Waals surface area contributed by atoms with Gasteiger partial charge in [-0.15, -0.1) is 0 Å². The van der Waals surface area contributed by atoms with Crippen molar-refractivity contribution in [3.8, 4) is 11.3 Å². The van der Waals surface area contributed by atoms with Crippen molar-refractivity contribution in [2.45, 2.75) is 13.1 Å². The summed E-state index contributed by atoms with van der Waals surface area (Å²) in [5.41, 5.74) is 1.54. The number of aryl methyl sites for hydroxylation is 1. The molecule has 1 amide bonds. The first-order valence-electron chi connectivity index (χ1n) is 8.20. The van der Waals surface area contributed by atoms with Gasteiger partial charge in [0.2, 0.25) is 0 Å².